The van der Waals surface area contributed by atoms with Gasteiger partial charge in [-0.05, 0) is 19.1 Å². The molecule has 1 aromatic heterocycles. The number of nitrogens with zero attached hydrogens (tertiary/aromatic N) is 4. The van der Waals surface area contributed by atoms with E-state index in [0.717, 1.165) is 25.5 Å². The molecule has 1 aromatic rings. The van der Waals surface area contributed by atoms with Crippen molar-refractivity contribution in [2.45, 2.75) is 13.0 Å². The van der Waals surface area contributed by atoms with Crippen LogP contribution in [-0.2, 0) is 0 Å². The maximum absolute atomic E-state index is 12.3. The van der Waals surface area contributed by atoms with Crippen LogP contribution in [0.3, 0.4) is 0 Å². The van der Waals surface area contributed by atoms with Crippen molar-refractivity contribution in [3.8, 4) is 0 Å². The van der Waals surface area contributed by atoms with E-state index in [2.05, 4.69) is 15.5 Å². The van der Waals surface area contributed by atoms with Crippen molar-refractivity contribution in [2.24, 2.45) is 0 Å². The van der Waals surface area contributed by atoms with Crippen molar-refractivity contribution in [2.75, 3.05) is 38.6 Å². The number of carbonyl (C=O) groups is 1. The highest BCUT2D eigenvalue weighted by Gasteiger charge is 2.25. The summed E-state index contributed by atoms with van der Waals surface area (Å²) in [6, 6.07) is 3.74. The monoisotopic (exact) mass is 249 g/mol. The largest absolute Gasteiger partial charge is 0.361 e. The maximum Gasteiger partial charge on any atom is 0.274 e. The minimum Gasteiger partial charge on any atom is -0.361 e. The molecular formula is C12H19N5O. The molecule has 0 aliphatic carbocycles. The first-order valence-corrected chi connectivity index (χ1v) is 6.12. The third-order valence-corrected chi connectivity index (χ3v) is 3.09. The molecule has 6 nitrogen and oxygen atoms in total. The lowest BCUT2D eigenvalue weighted by Gasteiger charge is -2.33. The SMILES string of the molecule is C[C@H]1CNCCN1C(=O)c1ccc(N(C)C)nn1. The van der Waals surface area contributed by atoms with Gasteiger partial charge in [0.1, 0.15) is 0 Å². The Bertz CT molecular complexity index is 417. The zero-order valence-corrected chi connectivity index (χ0v) is 11.1. The fourth-order valence-corrected chi connectivity index (χ4v) is 1.97. The summed E-state index contributed by atoms with van der Waals surface area (Å²) in [6.07, 6.45) is 0. The molecular weight excluding hydrogens is 230 g/mol. The first kappa shape index (κ1) is 12.8. The predicted molar refractivity (Wildman–Crippen MR) is 69.7 cm³/mol. The highest BCUT2D eigenvalue weighted by Crippen LogP contribution is 2.10. The van der Waals surface area contributed by atoms with Crippen LogP contribution < -0.4 is 10.2 Å². The Balaban J connectivity index is 2.13. The van der Waals surface area contributed by atoms with E-state index in [1.54, 1.807) is 6.07 Å². The van der Waals surface area contributed by atoms with Gasteiger partial charge in [0.2, 0.25) is 0 Å². The van der Waals surface area contributed by atoms with Crippen molar-refractivity contribution < 1.29 is 4.79 Å². The van der Waals surface area contributed by atoms with Crippen LogP contribution in [0, 0.1) is 0 Å². The van der Waals surface area contributed by atoms with Crippen LogP contribution >= 0.6 is 0 Å². The lowest BCUT2D eigenvalue weighted by molar-refractivity contribution is 0.0648. The van der Waals surface area contributed by atoms with E-state index >= 15 is 0 Å². The molecule has 98 valence electrons. The first-order valence-electron chi connectivity index (χ1n) is 6.12. The molecule has 0 saturated carbocycles. The van der Waals surface area contributed by atoms with E-state index < -0.39 is 0 Å². The quantitative estimate of drug-likeness (QED) is 0.798. The second kappa shape index (κ2) is 5.30. The zero-order chi connectivity index (χ0) is 13.1. The Labute approximate surface area is 107 Å². The van der Waals surface area contributed by atoms with Gasteiger partial charge < -0.3 is 15.1 Å². The Hall–Kier alpha value is -1.69. The van der Waals surface area contributed by atoms with Gasteiger partial charge in [-0.25, -0.2) is 0 Å². The maximum atomic E-state index is 12.3. The van der Waals surface area contributed by atoms with E-state index in [4.69, 9.17) is 0 Å². The fourth-order valence-electron chi connectivity index (χ4n) is 1.97. The van der Waals surface area contributed by atoms with Crippen LogP contribution in [0.1, 0.15) is 17.4 Å². The normalized spacial score (nSPS) is 19.7. The second-order valence-corrected chi connectivity index (χ2v) is 4.72. The summed E-state index contributed by atoms with van der Waals surface area (Å²) in [7, 11) is 3.79. The fraction of sp³-hybridized carbons (Fsp3) is 0.583. The number of piperazine rings is 1. The highest BCUT2D eigenvalue weighted by molar-refractivity contribution is 5.92. The van der Waals surface area contributed by atoms with Gasteiger partial charge in [0, 0.05) is 39.8 Å². The number of carbonyl (C=O) groups excluding carboxylic acids is 1. The molecule has 1 amide bonds. The highest BCUT2D eigenvalue weighted by atomic mass is 16.2. The molecule has 1 saturated heterocycles. The van der Waals surface area contributed by atoms with E-state index in [9.17, 15) is 4.79 Å². The summed E-state index contributed by atoms with van der Waals surface area (Å²) in [5, 5.41) is 11.3. The van der Waals surface area contributed by atoms with Crippen molar-refractivity contribution in [3.05, 3.63) is 17.8 Å². The Morgan fingerprint density at radius 3 is 2.78 bits per heavy atom. The van der Waals surface area contributed by atoms with Gasteiger partial charge >= 0.3 is 0 Å². The summed E-state index contributed by atoms with van der Waals surface area (Å²) in [5.74, 6) is 0.710. The van der Waals surface area contributed by atoms with Crippen molar-refractivity contribution in [3.63, 3.8) is 0 Å². The third kappa shape index (κ3) is 2.59. The molecule has 2 rings (SSSR count). The average molecular weight is 249 g/mol. The average Bonchev–Trinajstić information content (AvgIpc) is 2.38. The van der Waals surface area contributed by atoms with Gasteiger partial charge in [-0.15, -0.1) is 10.2 Å². The molecule has 0 radical (unpaired) electrons. The molecule has 1 N–H and O–H groups in total. The zero-order valence-electron chi connectivity index (χ0n) is 11.1. The van der Waals surface area contributed by atoms with Crippen LogP contribution in [0.2, 0.25) is 0 Å². The summed E-state index contributed by atoms with van der Waals surface area (Å²) < 4.78 is 0. The minimum atomic E-state index is -0.0400. The molecule has 0 spiro atoms. The van der Waals surface area contributed by atoms with Crippen LogP contribution in [0.4, 0.5) is 5.82 Å². The summed E-state index contributed by atoms with van der Waals surface area (Å²) in [6.45, 7) is 4.41. The molecule has 0 unspecified atom stereocenters. The number of aromatic nitrogens is 2. The van der Waals surface area contributed by atoms with Crippen molar-refractivity contribution in [1.82, 2.24) is 20.4 Å². The van der Waals surface area contributed by atoms with E-state index in [1.807, 2.05) is 36.9 Å². The van der Waals surface area contributed by atoms with Gasteiger partial charge in [-0.1, -0.05) is 0 Å². The number of anilines is 1. The van der Waals surface area contributed by atoms with Crippen LogP contribution in [0.25, 0.3) is 0 Å². The van der Waals surface area contributed by atoms with Gasteiger partial charge in [0.05, 0.1) is 0 Å². The van der Waals surface area contributed by atoms with E-state index in [-0.39, 0.29) is 11.9 Å². The Kier molecular flexibility index (Phi) is 3.76. The van der Waals surface area contributed by atoms with Crippen LogP contribution in [-0.4, -0.2) is 60.8 Å². The van der Waals surface area contributed by atoms with Crippen molar-refractivity contribution >= 4 is 11.7 Å². The molecule has 2 heterocycles. The molecule has 0 aromatic carbocycles. The van der Waals surface area contributed by atoms with Crippen LogP contribution in [0.15, 0.2) is 12.1 Å². The molecule has 1 atom stereocenters. The predicted octanol–water partition coefficient (Wildman–Crippen LogP) is -0.0235. The van der Waals surface area contributed by atoms with E-state index in [1.165, 1.54) is 0 Å². The van der Waals surface area contributed by atoms with Crippen LogP contribution in [0.5, 0.6) is 0 Å². The number of hydrogen-bond acceptors (Lipinski definition) is 5. The smallest absolute Gasteiger partial charge is 0.274 e. The summed E-state index contributed by atoms with van der Waals surface area (Å²) in [4.78, 5) is 16.0. The molecule has 1 aliphatic heterocycles. The Morgan fingerprint density at radius 2 is 2.22 bits per heavy atom. The number of hydrogen-bond donors (Lipinski definition) is 1. The van der Waals surface area contributed by atoms with Gasteiger partial charge in [0.15, 0.2) is 11.5 Å². The van der Waals surface area contributed by atoms with Crippen molar-refractivity contribution in [1.29, 1.82) is 0 Å². The second-order valence-electron chi connectivity index (χ2n) is 4.72. The standard InChI is InChI=1S/C12H19N5O/c1-9-8-13-6-7-17(9)12(18)10-4-5-11(15-14-10)16(2)3/h4-5,9,13H,6-8H2,1-3H3/t9-/m0/s1. The molecule has 6 heteroatoms. The number of nitrogens with one attached hydrogen (secondary N) is 1. The molecule has 1 fully saturated rings. The molecule has 18 heavy (non-hydrogen) atoms. The number of rotatable bonds is 2. The minimum absolute atomic E-state index is 0.0400. The van der Waals surface area contributed by atoms with Gasteiger partial charge in [-0.2, -0.15) is 0 Å². The van der Waals surface area contributed by atoms with Gasteiger partial charge in [-0.3, -0.25) is 4.79 Å². The lowest BCUT2D eigenvalue weighted by atomic mass is 10.2. The topological polar surface area (TPSA) is 61.4 Å². The first-order chi connectivity index (χ1) is 8.59. The number of amides is 1. The van der Waals surface area contributed by atoms with E-state index in [0.29, 0.717) is 5.69 Å². The van der Waals surface area contributed by atoms with Gasteiger partial charge in [0.25, 0.3) is 5.91 Å². The third-order valence-electron chi connectivity index (χ3n) is 3.09. The molecule has 1 aliphatic rings. The summed E-state index contributed by atoms with van der Waals surface area (Å²) in [5.41, 5.74) is 0.411. The Morgan fingerprint density at radius 1 is 1.44 bits per heavy atom. The molecule has 0 bridgehead atoms. The lowest BCUT2D eigenvalue weighted by Crippen LogP contribution is -2.52. The summed E-state index contributed by atoms with van der Waals surface area (Å²) >= 11 is 0.